The third kappa shape index (κ3) is 3.62. The lowest BCUT2D eigenvalue weighted by Crippen LogP contribution is -2.48. The second-order valence-electron chi connectivity index (χ2n) is 7.94. The Labute approximate surface area is 154 Å². The van der Waals surface area contributed by atoms with Gasteiger partial charge in [-0.15, -0.1) is 0 Å². The summed E-state index contributed by atoms with van der Waals surface area (Å²) in [5, 5.41) is 11.0. The lowest BCUT2D eigenvalue weighted by Gasteiger charge is -2.34. The average Bonchev–Trinajstić information content (AvgIpc) is 3.21. The Balaban J connectivity index is 1.32. The van der Waals surface area contributed by atoms with E-state index in [1.165, 1.54) is 11.1 Å². The van der Waals surface area contributed by atoms with Gasteiger partial charge in [0, 0.05) is 39.1 Å². The van der Waals surface area contributed by atoms with Crippen LogP contribution in [0.15, 0.2) is 24.3 Å². The average molecular weight is 357 g/mol. The molecule has 0 bridgehead atoms. The second-order valence-corrected chi connectivity index (χ2v) is 7.94. The lowest BCUT2D eigenvalue weighted by molar-refractivity contribution is -0.138. The van der Waals surface area contributed by atoms with Crippen LogP contribution in [-0.2, 0) is 22.6 Å². The molecule has 3 aliphatic rings. The van der Waals surface area contributed by atoms with Crippen molar-refractivity contribution in [2.75, 3.05) is 39.3 Å². The van der Waals surface area contributed by atoms with E-state index >= 15 is 0 Å². The van der Waals surface area contributed by atoms with E-state index in [2.05, 4.69) is 29.2 Å². The number of carbonyl (C=O) groups excluding carboxylic acids is 2. The number of hydrogen-bond acceptors (Lipinski definition) is 4. The molecule has 4 rings (SSSR count). The van der Waals surface area contributed by atoms with Crippen molar-refractivity contribution < 1.29 is 14.7 Å². The molecule has 0 spiro atoms. The molecular weight excluding hydrogens is 330 g/mol. The minimum absolute atomic E-state index is 0.0415. The minimum atomic E-state index is -0.850. The third-order valence-corrected chi connectivity index (χ3v) is 5.91. The molecule has 2 amide bonds. The highest BCUT2D eigenvalue weighted by atomic mass is 16.3. The molecule has 1 aromatic rings. The van der Waals surface area contributed by atoms with Crippen LogP contribution in [-0.4, -0.2) is 76.5 Å². The number of carbonyl (C=O) groups is 2. The fourth-order valence-electron chi connectivity index (χ4n) is 4.44. The van der Waals surface area contributed by atoms with Gasteiger partial charge in [0.05, 0.1) is 18.7 Å². The zero-order valence-corrected chi connectivity index (χ0v) is 15.2. The largest absolute Gasteiger partial charge is 0.387 e. The van der Waals surface area contributed by atoms with Gasteiger partial charge in [0.2, 0.25) is 11.8 Å². The van der Waals surface area contributed by atoms with Crippen LogP contribution in [0.2, 0.25) is 0 Å². The highest BCUT2D eigenvalue weighted by molar-refractivity contribution is 5.86. The molecule has 6 heteroatoms. The zero-order valence-electron chi connectivity index (χ0n) is 15.2. The molecule has 0 radical (unpaired) electrons. The van der Waals surface area contributed by atoms with Gasteiger partial charge in [-0.25, -0.2) is 0 Å². The standard InChI is InChI=1S/C20H27N3O3/c24-18-6-3-9-22(18)13-19(25)23-11-8-20(26,15-23)14-21-10-7-16-4-1-2-5-17(16)12-21/h1-2,4-5,26H,3,6-15H2/t20-/m0/s1. The fraction of sp³-hybridized carbons (Fsp3) is 0.600. The summed E-state index contributed by atoms with van der Waals surface area (Å²) in [6, 6.07) is 8.47. The van der Waals surface area contributed by atoms with Gasteiger partial charge >= 0.3 is 0 Å². The molecule has 2 saturated heterocycles. The number of β-amino-alcohol motifs (C(OH)–C–C–N with tert-alkyl or cyclic N) is 1. The number of rotatable bonds is 4. The Morgan fingerprint density at radius 3 is 2.69 bits per heavy atom. The first kappa shape index (κ1) is 17.5. The summed E-state index contributed by atoms with van der Waals surface area (Å²) in [5.41, 5.74) is 1.88. The lowest BCUT2D eigenvalue weighted by atomic mass is 9.97. The van der Waals surface area contributed by atoms with Gasteiger partial charge in [-0.3, -0.25) is 14.5 Å². The first-order valence-electron chi connectivity index (χ1n) is 9.59. The molecule has 1 atom stereocenters. The van der Waals surface area contributed by atoms with Crippen LogP contribution in [0.3, 0.4) is 0 Å². The van der Waals surface area contributed by atoms with Crippen LogP contribution in [0.4, 0.5) is 0 Å². The number of likely N-dealkylation sites (tertiary alicyclic amines) is 2. The topological polar surface area (TPSA) is 64.1 Å². The first-order chi connectivity index (χ1) is 12.5. The molecule has 0 aromatic heterocycles. The number of nitrogens with zero attached hydrogens (tertiary/aromatic N) is 3. The van der Waals surface area contributed by atoms with E-state index in [0.717, 1.165) is 25.9 Å². The molecule has 0 unspecified atom stereocenters. The van der Waals surface area contributed by atoms with Crippen LogP contribution in [0.1, 0.15) is 30.4 Å². The first-order valence-corrected chi connectivity index (χ1v) is 9.59. The molecule has 1 aromatic carbocycles. The van der Waals surface area contributed by atoms with Crippen molar-refractivity contribution in [3.63, 3.8) is 0 Å². The summed E-state index contributed by atoms with van der Waals surface area (Å²) in [7, 11) is 0. The maximum Gasteiger partial charge on any atom is 0.242 e. The van der Waals surface area contributed by atoms with Crippen molar-refractivity contribution in [2.45, 2.75) is 37.8 Å². The van der Waals surface area contributed by atoms with E-state index < -0.39 is 5.60 Å². The smallest absolute Gasteiger partial charge is 0.242 e. The minimum Gasteiger partial charge on any atom is -0.387 e. The van der Waals surface area contributed by atoms with Crippen LogP contribution < -0.4 is 0 Å². The maximum absolute atomic E-state index is 12.5. The molecule has 140 valence electrons. The summed E-state index contributed by atoms with van der Waals surface area (Å²) in [6.07, 6.45) is 3.00. The molecule has 0 saturated carbocycles. The predicted molar refractivity (Wildman–Crippen MR) is 97.4 cm³/mol. The highest BCUT2D eigenvalue weighted by Gasteiger charge is 2.40. The SMILES string of the molecule is O=C1CCCN1CC(=O)N1CC[C@](O)(CN2CCc3ccccc3C2)C1. The Morgan fingerprint density at radius 1 is 1.12 bits per heavy atom. The summed E-state index contributed by atoms with van der Waals surface area (Å²) >= 11 is 0. The van der Waals surface area contributed by atoms with E-state index in [1.807, 2.05) is 0 Å². The van der Waals surface area contributed by atoms with Crippen LogP contribution in [0.5, 0.6) is 0 Å². The van der Waals surface area contributed by atoms with Crippen LogP contribution >= 0.6 is 0 Å². The summed E-state index contributed by atoms with van der Waals surface area (Å²) in [5.74, 6) is 0.0277. The Hall–Kier alpha value is -1.92. The van der Waals surface area contributed by atoms with Gasteiger partial charge in [-0.05, 0) is 30.4 Å². The van der Waals surface area contributed by atoms with Crippen molar-refractivity contribution in [3.8, 4) is 0 Å². The number of hydrogen-bond donors (Lipinski definition) is 1. The zero-order chi connectivity index (χ0) is 18.1. The Morgan fingerprint density at radius 2 is 1.92 bits per heavy atom. The number of aliphatic hydroxyl groups is 1. The van der Waals surface area contributed by atoms with Crippen LogP contribution in [0.25, 0.3) is 0 Å². The molecule has 3 heterocycles. The van der Waals surface area contributed by atoms with Crippen molar-refractivity contribution in [1.29, 1.82) is 0 Å². The van der Waals surface area contributed by atoms with Crippen molar-refractivity contribution in [3.05, 3.63) is 35.4 Å². The summed E-state index contributed by atoms with van der Waals surface area (Å²) in [4.78, 5) is 29.9. The van der Waals surface area contributed by atoms with Gasteiger partial charge in [0.1, 0.15) is 0 Å². The fourth-order valence-corrected chi connectivity index (χ4v) is 4.44. The van der Waals surface area contributed by atoms with Gasteiger partial charge in [0.15, 0.2) is 0 Å². The summed E-state index contributed by atoms with van der Waals surface area (Å²) < 4.78 is 0. The van der Waals surface area contributed by atoms with E-state index in [4.69, 9.17) is 0 Å². The van der Waals surface area contributed by atoms with Gasteiger partial charge in [-0.2, -0.15) is 0 Å². The quantitative estimate of drug-likeness (QED) is 0.859. The number of amides is 2. The molecule has 1 N–H and O–H groups in total. The van der Waals surface area contributed by atoms with Gasteiger partial charge < -0.3 is 14.9 Å². The Kier molecular flexibility index (Phi) is 4.71. The normalized spacial score (nSPS) is 26.4. The number of fused-ring (bicyclic) bond motifs is 1. The maximum atomic E-state index is 12.5. The third-order valence-electron chi connectivity index (χ3n) is 5.91. The molecule has 0 aliphatic carbocycles. The van der Waals surface area contributed by atoms with Crippen molar-refractivity contribution >= 4 is 11.8 Å². The second kappa shape index (κ2) is 7.00. The van der Waals surface area contributed by atoms with E-state index in [0.29, 0.717) is 39.0 Å². The van der Waals surface area contributed by atoms with Crippen molar-refractivity contribution in [1.82, 2.24) is 14.7 Å². The van der Waals surface area contributed by atoms with E-state index in [9.17, 15) is 14.7 Å². The molecule has 2 fully saturated rings. The highest BCUT2D eigenvalue weighted by Crippen LogP contribution is 2.26. The Bertz CT molecular complexity index is 707. The van der Waals surface area contributed by atoms with Crippen LogP contribution in [0, 0.1) is 0 Å². The van der Waals surface area contributed by atoms with E-state index in [1.54, 1.807) is 9.80 Å². The molecule has 3 aliphatic heterocycles. The van der Waals surface area contributed by atoms with Crippen molar-refractivity contribution in [2.24, 2.45) is 0 Å². The monoisotopic (exact) mass is 357 g/mol. The van der Waals surface area contributed by atoms with Gasteiger partial charge in [0.25, 0.3) is 0 Å². The predicted octanol–water partition coefficient (Wildman–Crippen LogP) is 0.631. The molecular formula is C20H27N3O3. The van der Waals surface area contributed by atoms with E-state index in [-0.39, 0.29) is 18.4 Å². The summed E-state index contributed by atoms with van der Waals surface area (Å²) in [6.45, 7) is 4.16. The number of benzene rings is 1. The molecule has 26 heavy (non-hydrogen) atoms. The molecule has 6 nitrogen and oxygen atoms in total. The van der Waals surface area contributed by atoms with Gasteiger partial charge in [-0.1, -0.05) is 24.3 Å².